The molecule has 1 unspecified atom stereocenters. The molecule has 2 aliphatic rings. The van der Waals surface area contributed by atoms with Crippen molar-refractivity contribution in [2.24, 2.45) is 7.05 Å². The van der Waals surface area contributed by atoms with Crippen LogP contribution in [0.4, 0.5) is 16.3 Å². The fourth-order valence-electron chi connectivity index (χ4n) is 4.60. The van der Waals surface area contributed by atoms with Gasteiger partial charge in [0.05, 0.1) is 5.69 Å². The molecule has 4 rings (SSSR count). The average molecular weight is 397 g/mol. The summed E-state index contributed by atoms with van der Waals surface area (Å²) in [5.41, 5.74) is 10.6. The molecule has 1 aromatic carbocycles. The van der Waals surface area contributed by atoms with Crippen LogP contribution in [0.15, 0.2) is 12.1 Å². The molecule has 2 amide bonds. The van der Waals surface area contributed by atoms with Crippen LogP contribution in [0.5, 0.6) is 0 Å². The highest BCUT2D eigenvalue weighted by molar-refractivity contribution is 5.92. The van der Waals surface area contributed by atoms with Gasteiger partial charge in [-0.05, 0) is 81.8 Å². The minimum Gasteiger partial charge on any atom is -0.306 e. The summed E-state index contributed by atoms with van der Waals surface area (Å²) in [6.45, 7) is 2.14. The molecule has 0 saturated heterocycles. The van der Waals surface area contributed by atoms with Gasteiger partial charge in [-0.2, -0.15) is 5.10 Å². The van der Waals surface area contributed by atoms with Crippen LogP contribution >= 0.6 is 0 Å². The van der Waals surface area contributed by atoms with Crippen LogP contribution in [0, 0.1) is 0 Å². The molecule has 156 valence electrons. The standard InChI is InChI=1S/C22H32N6O/c1-14(26(2)3)19-13-20(24-27(19)4)28(5)25-22(29)23-21-17-10-6-8-15(17)12-16-9-7-11-18(16)21/h12-14H,6-11H2,1-5H3,(H2,23,25,29). The predicted molar refractivity (Wildman–Crippen MR) is 116 cm³/mol. The maximum absolute atomic E-state index is 12.8. The van der Waals surface area contributed by atoms with Gasteiger partial charge in [0.1, 0.15) is 0 Å². The SMILES string of the molecule is CC(c1cc(N(C)NC(=O)Nc2c3c(cc4c2CCC4)CCC3)nn1C)N(C)C. The van der Waals surface area contributed by atoms with E-state index in [9.17, 15) is 4.79 Å². The second-order valence-electron chi connectivity index (χ2n) is 8.55. The Hall–Kier alpha value is -2.54. The summed E-state index contributed by atoms with van der Waals surface area (Å²) in [5.74, 6) is 0.717. The van der Waals surface area contributed by atoms with Gasteiger partial charge in [0, 0.05) is 31.9 Å². The highest BCUT2D eigenvalue weighted by Crippen LogP contribution is 2.38. The summed E-state index contributed by atoms with van der Waals surface area (Å²) in [6, 6.07) is 4.41. The largest absolute Gasteiger partial charge is 0.338 e. The van der Waals surface area contributed by atoms with Crippen LogP contribution in [0.3, 0.4) is 0 Å². The quantitative estimate of drug-likeness (QED) is 0.762. The summed E-state index contributed by atoms with van der Waals surface area (Å²) in [7, 11) is 7.85. The zero-order valence-corrected chi connectivity index (χ0v) is 18.2. The van der Waals surface area contributed by atoms with E-state index in [0.717, 1.165) is 42.9 Å². The molecule has 0 bridgehead atoms. The number of nitrogens with one attached hydrogen (secondary N) is 2. The molecular formula is C22H32N6O. The molecule has 1 aromatic heterocycles. The van der Waals surface area contributed by atoms with E-state index in [2.05, 4.69) is 33.7 Å². The lowest BCUT2D eigenvalue weighted by Gasteiger charge is -2.21. The van der Waals surface area contributed by atoms with Crippen LogP contribution in [0.25, 0.3) is 0 Å². The number of benzene rings is 1. The van der Waals surface area contributed by atoms with Gasteiger partial charge in [-0.3, -0.25) is 9.69 Å². The molecule has 2 N–H and O–H groups in total. The molecule has 29 heavy (non-hydrogen) atoms. The fraction of sp³-hybridized carbons (Fsp3) is 0.545. The first kappa shape index (κ1) is 19.8. The number of carbonyl (C=O) groups is 1. The van der Waals surface area contributed by atoms with E-state index in [1.54, 1.807) is 5.01 Å². The third-order valence-corrected chi connectivity index (χ3v) is 6.43. The molecule has 1 atom stereocenters. The van der Waals surface area contributed by atoms with Gasteiger partial charge >= 0.3 is 6.03 Å². The summed E-state index contributed by atoms with van der Waals surface area (Å²) in [4.78, 5) is 15.0. The van der Waals surface area contributed by atoms with Gasteiger partial charge < -0.3 is 10.2 Å². The van der Waals surface area contributed by atoms with Crippen molar-refractivity contribution in [2.75, 3.05) is 31.5 Å². The first-order valence-corrected chi connectivity index (χ1v) is 10.5. The number of nitrogens with zero attached hydrogens (tertiary/aromatic N) is 4. The first-order valence-electron chi connectivity index (χ1n) is 10.5. The summed E-state index contributed by atoms with van der Waals surface area (Å²) >= 11 is 0. The van der Waals surface area contributed by atoms with E-state index >= 15 is 0 Å². The number of hydrazine groups is 1. The van der Waals surface area contributed by atoms with E-state index in [-0.39, 0.29) is 12.1 Å². The van der Waals surface area contributed by atoms with Gasteiger partial charge in [0.25, 0.3) is 0 Å². The van der Waals surface area contributed by atoms with Crippen molar-refractivity contribution in [3.05, 3.63) is 40.1 Å². The molecule has 7 nitrogen and oxygen atoms in total. The van der Waals surface area contributed by atoms with Gasteiger partial charge in [-0.1, -0.05) is 6.07 Å². The van der Waals surface area contributed by atoms with Crippen LogP contribution in [0.1, 0.15) is 53.8 Å². The minimum absolute atomic E-state index is 0.213. The van der Waals surface area contributed by atoms with Crippen molar-refractivity contribution in [2.45, 2.75) is 51.5 Å². The molecule has 0 saturated carbocycles. The van der Waals surface area contributed by atoms with Gasteiger partial charge in [0.2, 0.25) is 0 Å². The maximum atomic E-state index is 12.8. The van der Waals surface area contributed by atoms with Gasteiger partial charge in [-0.25, -0.2) is 10.2 Å². The number of urea groups is 1. The number of hydrogen-bond donors (Lipinski definition) is 2. The number of aryl methyl sites for hydroxylation is 3. The number of hydrogen-bond acceptors (Lipinski definition) is 4. The molecule has 0 fully saturated rings. The Balaban J connectivity index is 1.50. The Morgan fingerprint density at radius 2 is 1.69 bits per heavy atom. The van der Waals surface area contributed by atoms with E-state index in [1.807, 2.05) is 38.9 Å². The Kier molecular flexibility index (Phi) is 5.25. The molecule has 7 heteroatoms. The van der Waals surface area contributed by atoms with Crippen molar-refractivity contribution in [1.29, 1.82) is 0 Å². The topological polar surface area (TPSA) is 65.4 Å². The smallest absolute Gasteiger partial charge is 0.306 e. The van der Waals surface area contributed by atoms with E-state index in [1.165, 1.54) is 35.1 Å². The van der Waals surface area contributed by atoms with Crippen molar-refractivity contribution >= 4 is 17.5 Å². The van der Waals surface area contributed by atoms with Crippen LogP contribution in [0.2, 0.25) is 0 Å². The maximum Gasteiger partial charge on any atom is 0.338 e. The van der Waals surface area contributed by atoms with Crippen molar-refractivity contribution in [1.82, 2.24) is 20.1 Å². The number of amides is 2. The second kappa shape index (κ2) is 7.71. The monoisotopic (exact) mass is 396 g/mol. The molecule has 0 spiro atoms. The van der Waals surface area contributed by atoms with Crippen molar-refractivity contribution in [3.63, 3.8) is 0 Å². The number of aromatic nitrogens is 2. The number of rotatable bonds is 5. The zero-order chi connectivity index (χ0) is 20.7. The lowest BCUT2D eigenvalue weighted by Crippen LogP contribution is -2.42. The lowest BCUT2D eigenvalue weighted by molar-refractivity contribution is 0.251. The Bertz CT molecular complexity index is 900. The van der Waals surface area contributed by atoms with Crippen LogP contribution < -0.4 is 15.8 Å². The summed E-state index contributed by atoms with van der Waals surface area (Å²) in [5, 5.41) is 9.42. The predicted octanol–water partition coefficient (Wildman–Crippen LogP) is 3.19. The minimum atomic E-state index is -0.213. The molecule has 2 aliphatic carbocycles. The van der Waals surface area contributed by atoms with Crippen molar-refractivity contribution < 1.29 is 4.79 Å². The highest BCUT2D eigenvalue weighted by atomic mass is 16.2. The average Bonchev–Trinajstić information content (AvgIpc) is 3.39. The Morgan fingerprint density at radius 3 is 2.28 bits per heavy atom. The Morgan fingerprint density at radius 1 is 1.07 bits per heavy atom. The molecule has 0 aliphatic heterocycles. The van der Waals surface area contributed by atoms with Gasteiger partial charge in [0.15, 0.2) is 5.82 Å². The number of fused-ring (bicyclic) bond motifs is 2. The zero-order valence-electron chi connectivity index (χ0n) is 18.2. The third-order valence-electron chi connectivity index (χ3n) is 6.43. The van der Waals surface area contributed by atoms with Crippen molar-refractivity contribution in [3.8, 4) is 0 Å². The molecule has 2 aromatic rings. The van der Waals surface area contributed by atoms with E-state index < -0.39 is 0 Å². The third kappa shape index (κ3) is 3.71. The van der Waals surface area contributed by atoms with E-state index in [0.29, 0.717) is 0 Å². The van der Waals surface area contributed by atoms with Gasteiger partial charge in [-0.15, -0.1) is 0 Å². The first-order chi connectivity index (χ1) is 13.8. The normalized spacial score (nSPS) is 15.9. The molecule has 0 radical (unpaired) electrons. The lowest BCUT2D eigenvalue weighted by atomic mass is 9.99. The van der Waals surface area contributed by atoms with Crippen LogP contribution in [-0.2, 0) is 32.7 Å². The number of carbonyl (C=O) groups excluding carboxylic acids is 1. The van der Waals surface area contributed by atoms with Crippen LogP contribution in [-0.4, -0.2) is 41.9 Å². The molecule has 1 heterocycles. The number of anilines is 2. The van der Waals surface area contributed by atoms with E-state index in [4.69, 9.17) is 0 Å². The fourth-order valence-corrected chi connectivity index (χ4v) is 4.60. The second-order valence-corrected chi connectivity index (χ2v) is 8.55. The molecular weight excluding hydrogens is 364 g/mol. The summed E-state index contributed by atoms with van der Waals surface area (Å²) < 4.78 is 1.87. The summed E-state index contributed by atoms with van der Waals surface area (Å²) in [6.07, 6.45) is 6.71. The Labute approximate surface area is 173 Å². The highest BCUT2D eigenvalue weighted by Gasteiger charge is 2.25.